The maximum absolute atomic E-state index is 9.66. The molecule has 0 aromatic rings. The Kier molecular flexibility index (Phi) is 3.36. The van der Waals surface area contributed by atoms with Crippen LogP contribution in [0.15, 0.2) is 0 Å². The standard InChI is InChI=1S/C17H30N2O/c18-10-17-7-11-5-12(8-17)16(13(6-11)9-17)19-14-1-3-15(20)4-2-14/h11-16,19-20H,1-10,18H2/t11?,12-,13+,14?,15?,16?,17?. The van der Waals surface area contributed by atoms with Crippen molar-refractivity contribution in [1.29, 1.82) is 0 Å². The molecule has 0 saturated heterocycles. The number of aliphatic hydroxyl groups excluding tert-OH is 1. The Morgan fingerprint density at radius 2 is 1.65 bits per heavy atom. The van der Waals surface area contributed by atoms with E-state index >= 15 is 0 Å². The number of rotatable bonds is 3. The van der Waals surface area contributed by atoms with Gasteiger partial charge in [-0.1, -0.05) is 0 Å². The van der Waals surface area contributed by atoms with Crippen molar-refractivity contribution in [2.75, 3.05) is 6.54 Å². The summed E-state index contributed by atoms with van der Waals surface area (Å²) < 4.78 is 0. The first-order chi connectivity index (χ1) is 9.67. The third-order valence-corrected chi connectivity index (χ3v) is 6.96. The second kappa shape index (κ2) is 4.96. The lowest BCUT2D eigenvalue weighted by Gasteiger charge is -2.60. The fraction of sp³-hybridized carbons (Fsp3) is 1.00. The average Bonchev–Trinajstić information content (AvgIpc) is 2.44. The van der Waals surface area contributed by atoms with E-state index in [4.69, 9.17) is 5.73 Å². The molecule has 5 saturated carbocycles. The molecular weight excluding hydrogens is 248 g/mol. The Balaban J connectivity index is 1.43. The van der Waals surface area contributed by atoms with Gasteiger partial charge in [-0.15, -0.1) is 0 Å². The Hall–Kier alpha value is -0.120. The Bertz CT molecular complexity index is 348. The van der Waals surface area contributed by atoms with Gasteiger partial charge >= 0.3 is 0 Å². The summed E-state index contributed by atoms with van der Waals surface area (Å²) >= 11 is 0. The van der Waals surface area contributed by atoms with Gasteiger partial charge in [-0.3, -0.25) is 0 Å². The van der Waals surface area contributed by atoms with Crippen LogP contribution in [-0.4, -0.2) is 29.8 Å². The Morgan fingerprint density at radius 3 is 2.25 bits per heavy atom. The zero-order valence-electron chi connectivity index (χ0n) is 12.6. The molecule has 3 heteroatoms. The third kappa shape index (κ3) is 2.22. The molecule has 5 atom stereocenters. The molecule has 5 aliphatic carbocycles. The number of aliphatic hydroxyl groups is 1. The van der Waals surface area contributed by atoms with Gasteiger partial charge in [0.1, 0.15) is 0 Å². The largest absolute Gasteiger partial charge is 0.393 e. The molecule has 0 aliphatic heterocycles. The highest BCUT2D eigenvalue weighted by atomic mass is 16.3. The molecule has 0 spiro atoms. The van der Waals surface area contributed by atoms with E-state index in [1.165, 1.54) is 44.9 Å². The molecule has 0 radical (unpaired) electrons. The number of nitrogens with two attached hydrogens (primary N) is 1. The first kappa shape index (κ1) is 13.5. The quantitative estimate of drug-likeness (QED) is 0.740. The molecule has 0 heterocycles. The van der Waals surface area contributed by atoms with Crippen molar-refractivity contribution >= 4 is 0 Å². The highest BCUT2D eigenvalue weighted by Crippen LogP contribution is 2.59. The van der Waals surface area contributed by atoms with Crippen molar-refractivity contribution in [3.8, 4) is 0 Å². The first-order valence-corrected chi connectivity index (χ1v) is 8.82. The van der Waals surface area contributed by atoms with Gasteiger partial charge in [-0.2, -0.15) is 0 Å². The minimum atomic E-state index is -0.0351. The molecule has 4 N–H and O–H groups in total. The van der Waals surface area contributed by atoms with Crippen LogP contribution in [0, 0.1) is 23.2 Å². The molecular formula is C17H30N2O. The molecule has 20 heavy (non-hydrogen) atoms. The molecule has 3 unspecified atom stereocenters. The summed E-state index contributed by atoms with van der Waals surface area (Å²) in [7, 11) is 0. The van der Waals surface area contributed by atoms with Gasteiger partial charge in [-0.25, -0.2) is 0 Å². The van der Waals surface area contributed by atoms with Gasteiger partial charge in [0.2, 0.25) is 0 Å². The van der Waals surface area contributed by atoms with E-state index in [0.29, 0.717) is 11.5 Å². The van der Waals surface area contributed by atoms with E-state index < -0.39 is 0 Å². The molecule has 0 aromatic heterocycles. The highest BCUT2D eigenvalue weighted by Gasteiger charge is 2.54. The maximum atomic E-state index is 9.66. The lowest BCUT2D eigenvalue weighted by atomic mass is 9.48. The van der Waals surface area contributed by atoms with Crippen LogP contribution >= 0.6 is 0 Å². The van der Waals surface area contributed by atoms with Crippen molar-refractivity contribution in [1.82, 2.24) is 5.32 Å². The van der Waals surface area contributed by atoms with E-state index in [1.54, 1.807) is 0 Å². The van der Waals surface area contributed by atoms with E-state index in [2.05, 4.69) is 5.32 Å². The molecule has 0 aromatic carbocycles. The predicted molar refractivity (Wildman–Crippen MR) is 80.2 cm³/mol. The van der Waals surface area contributed by atoms with Crippen molar-refractivity contribution in [2.45, 2.75) is 76.0 Å². The van der Waals surface area contributed by atoms with Gasteiger partial charge in [0.05, 0.1) is 6.10 Å². The van der Waals surface area contributed by atoms with Crippen molar-refractivity contribution in [3.63, 3.8) is 0 Å². The van der Waals surface area contributed by atoms with Crippen LogP contribution in [-0.2, 0) is 0 Å². The summed E-state index contributed by atoms with van der Waals surface area (Å²) in [5, 5.41) is 13.7. The molecule has 0 amide bonds. The number of hydrogen-bond acceptors (Lipinski definition) is 3. The third-order valence-electron chi connectivity index (χ3n) is 6.96. The van der Waals surface area contributed by atoms with Crippen LogP contribution in [0.3, 0.4) is 0 Å². The van der Waals surface area contributed by atoms with E-state index in [-0.39, 0.29) is 6.10 Å². The van der Waals surface area contributed by atoms with Crippen molar-refractivity contribution in [3.05, 3.63) is 0 Å². The van der Waals surface area contributed by atoms with Gasteiger partial charge in [0.25, 0.3) is 0 Å². The highest BCUT2D eigenvalue weighted by molar-refractivity contribution is 5.08. The fourth-order valence-corrected chi connectivity index (χ4v) is 6.23. The van der Waals surface area contributed by atoms with Crippen LogP contribution in [0.5, 0.6) is 0 Å². The summed E-state index contributed by atoms with van der Waals surface area (Å²) in [5.74, 6) is 2.75. The molecule has 5 fully saturated rings. The predicted octanol–water partition coefficient (Wildman–Crippen LogP) is 2.03. The van der Waals surface area contributed by atoms with Crippen LogP contribution in [0.4, 0.5) is 0 Å². The Labute approximate surface area is 122 Å². The SMILES string of the molecule is NCC12CC3C[C@H](C1)C(NC1CCC(O)CC1)[C@@H](C3)C2. The van der Waals surface area contributed by atoms with Gasteiger partial charge in [-0.05, 0) is 87.5 Å². The fourth-order valence-electron chi connectivity index (χ4n) is 6.23. The summed E-state index contributed by atoms with van der Waals surface area (Å²) in [4.78, 5) is 0. The molecule has 4 bridgehead atoms. The average molecular weight is 278 g/mol. The molecule has 3 nitrogen and oxygen atoms in total. The summed E-state index contributed by atoms with van der Waals surface area (Å²) in [6.07, 6.45) is 11.4. The van der Waals surface area contributed by atoms with E-state index in [9.17, 15) is 5.11 Å². The van der Waals surface area contributed by atoms with Gasteiger partial charge in [0, 0.05) is 12.1 Å². The monoisotopic (exact) mass is 278 g/mol. The lowest BCUT2D eigenvalue weighted by Crippen LogP contribution is -2.61. The minimum absolute atomic E-state index is 0.0351. The number of nitrogens with one attached hydrogen (secondary N) is 1. The Morgan fingerprint density at radius 1 is 1.00 bits per heavy atom. The lowest BCUT2D eigenvalue weighted by molar-refractivity contribution is -0.0756. The van der Waals surface area contributed by atoms with Crippen LogP contribution in [0.25, 0.3) is 0 Å². The summed E-state index contributed by atoms with van der Waals surface area (Å²) in [5.41, 5.74) is 6.64. The normalized spacial score (nSPS) is 54.3. The minimum Gasteiger partial charge on any atom is -0.393 e. The zero-order valence-corrected chi connectivity index (χ0v) is 12.6. The summed E-state index contributed by atoms with van der Waals surface area (Å²) in [6.45, 7) is 0.916. The van der Waals surface area contributed by atoms with Gasteiger partial charge in [0.15, 0.2) is 0 Å². The topological polar surface area (TPSA) is 58.3 Å². The summed E-state index contributed by atoms with van der Waals surface area (Å²) in [6, 6.07) is 1.42. The second-order valence-electron chi connectivity index (χ2n) is 8.37. The van der Waals surface area contributed by atoms with Crippen LogP contribution < -0.4 is 11.1 Å². The van der Waals surface area contributed by atoms with Crippen molar-refractivity contribution < 1.29 is 5.11 Å². The van der Waals surface area contributed by atoms with E-state index in [1.807, 2.05) is 0 Å². The smallest absolute Gasteiger partial charge is 0.0541 e. The van der Waals surface area contributed by atoms with Crippen LogP contribution in [0.2, 0.25) is 0 Å². The molecule has 114 valence electrons. The van der Waals surface area contributed by atoms with Crippen LogP contribution in [0.1, 0.15) is 57.8 Å². The second-order valence-corrected chi connectivity index (χ2v) is 8.37. The molecule has 5 rings (SSSR count). The zero-order chi connectivity index (χ0) is 13.7. The maximum Gasteiger partial charge on any atom is 0.0541 e. The van der Waals surface area contributed by atoms with Gasteiger partial charge < -0.3 is 16.2 Å². The first-order valence-electron chi connectivity index (χ1n) is 8.82. The molecule has 5 aliphatic rings. The van der Waals surface area contributed by atoms with Crippen molar-refractivity contribution in [2.24, 2.45) is 28.9 Å². The number of hydrogen-bond donors (Lipinski definition) is 3. The van der Waals surface area contributed by atoms with E-state index in [0.717, 1.165) is 43.2 Å².